The maximum Gasteiger partial charge on any atom is 0.0799 e. The van der Waals surface area contributed by atoms with Crippen molar-refractivity contribution in [3.05, 3.63) is 24.0 Å². The Kier molecular flexibility index (Phi) is 2.19. The molecule has 0 unspecified atom stereocenters. The molecule has 3 heteroatoms. The van der Waals surface area contributed by atoms with Gasteiger partial charge in [-0.05, 0) is 24.5 Å². The Morgan fingerprint density at radius 3 is 2.92 bits per heavy atom. The van der Waals surface area contributed by atoms with E-state index in [1.807, 2.05) is 12.1 Å². The van der Waals surface area contributed by atoms with Crippen LogP contribution in [0.2, 0.25) is 0 Å². The summed E-state index contributed by atoms with van der Waals surface area (Å²) in [6.07, 6.45) is 5.42. The minimum atomic E-state index is 0.0219. The van der Waals surface area contributed by atoms with Gasteiger partial charge in [0.25, 0.3) is 0 Å². The lowest BCUT2D eigenvalue weighted by Gasteiger charge is -2.11. The number of hydrogen-bond donors (Lipinski definition) is 2. The third-order valence-electron chi connectivity index (χ3n) is 2.51. The van der Waals surface area contributed by atoms with E-state index in [1.54, 1.807) is 6.20 Å². The molecule has 1 heterocycles. The lowest BCUT2D eigenvalue weighted by atomic mass is 10.1. The number of rotatable bonds is 3. The number of aromatic nitrogens is 1. The van der Waals surface area contributed by atoms with E-state index in [0.717, 1.165) is 23.7 Å². The lowest BCUT2D eigenvalue weighted by Crippen LogP contribution is -2.14. The van der Waals surface area contributed by atoms with Crippen LogP contribution in [-0.2, 0) is 0 Å². The molecule has 2 rings (SSSR count). The molecule has 13 heavy (non-hydrogen) atoms. The Hall–Kier alpha value is -1.09. The molecule has 1 fully saturated rings. The van der Waals surface area contributed by atoms with E-state index in [9.17, 15) is 0 Å². The zero-order chi connectivity index (χ0) is 9.26. The molecule has 1 aliphatic rings. The van der Waals surface area contributed by atoms with Gasteiger partial charge in [-0.15, -0.1) is 0 Å². The Labute approximate surface area is 78.1 Å². The van der Waals surface area contributed by atoms with Crippen molar-refractivity contribution in [3.8, 4) is 0 Å². The fraction of sp³-hybridized carbons (Fsp3) is 0.500. The molecule has 4 N–H and O–H groups in total. The summed E-state index contributed by atoms with van der Waals surface area (Å²) in [5, 5.41) is 0. The van der Waals surface area contributed by atoms with Crippen LogP contribution < -0.4 is 11.5 Å². The van der Waals surface area contributed by atoms with Crippen molar-refractivity contribution in [2.45, 2.75) is 25.3 Å². The van der Waals surface area contributed by atoms with Crippen molar-refractivity contribution >= 4 is 5.69 Å². The third kappa shape index (κ3) is 1.98. The maximum absolute atomic E-state index is 5.99. The van der Waals surface area contributed by atoms with Gasteiger partial charge in [0.15, 0.2) is 0 Å². The summed E-state index contributed by atoms with van der Waals surface area (Å²) in [5.41, 5.74) is 13.3. The van der Waals surface area contributed by atoms with E-state index in [2.05, 4.69) is 4.98 Å². The van der Waals surface area contributed by atoms with E-state index >= 15 is 0 Å². The van der Waals surface area contributed by atoms with Crippen LogP contribution in [0.4, 0.5) is 5.69 Å². The maximum atomic E-state index is 5.99. The summed E-state index contributed by atoms with van der Waals surface area (Å²) in [5.74, 6) is 0.816. The number of hydrogen-bond acceptors (Lipinski definition) is 3. The van der Waals surface area contributed by atoms with E-state index in [-0.39, 0.29) is 6.04 Å². The van der Waals surface area contributed by atoms with Crippen molar-refractivity contribution in [1.29, 1.82) is 0 Å². The van der Waals surface area contributed by atoms with Crippen LogP contribution in [0.15, 0.2) is 18.3 Å². The third-order valence-corrected chi connectivity index (χ3v) is 2.51. The smallest absolute Gasteiger partial charge is 0.0799 e. The topological polar surface area (TPSA) is 64.9 Å². The first-order valence-corrected chi connectivity index (χ1v) is 4.73. The van der Waals surface area contributed by atoms with Crippen molar-refractivity contribution in [2.75, 3.05) is 5.73 Å². The molecular weight excluding hydrogens is 162 g/mol. The summed E-state index contributed by atoms with van der Waals surface area (Å²) < 4.78 is 0. The molecule has 0 spiro atoms. The van der Waals surface area contributed by atoms with Crippen LogP contribution >= 0.6 is 0 Å². The predicted molar refractivity (Wildman–Crippen MR) is 52.9 cm³/mol. The Bertz CT molecular complexity index is 294. The minimum Gasteiger partial charge on any atom is -0.397 e. The molecule has 1 aliphatic carbocycles. The highest BCUT2D eigenvalue weighted by Gasteiger charge is 2.25. The van der Waals surface area contributed by atoms with E-state index in [1.165, 1.54) is 12.8 Å². The monoisotopic (exact) mass is 177 g/mol. The van der Waals surface area contributed by atoms with Crippen molar-refractivity contribution in [3.63, 3.8) is 0 Å². The van der Waals surface area contributed by atoms with Gasteiger partial charge in [-0.2, -0.15) is 0 Å². The normalized spacial score (nSPS) is 18.5. The van der Waals surface area contributed by atoms with Gasteiger partial charge in [0.2, 0.25) is 0 Å². The summed E-state index contributed by atoms with van der Waals surface area (Å²) >= 11 is 0. The van der Waals surface area contributed by atoms with Crippen molar-refractivity contribution < 1.29 is 0 Å². The van der Waals surface area contributed by atoms with Gasteiger partial charge in [-0.25, -0.2) is 0 Å². The Balaban J connectivity index is 2.09. The number of nitrogens with two attached hydrogens (primary N) is 2. The van der Waals surface area contributed by atoms with Crippen LogP contribution in [-0.4, -0.2) is 4.98 Å². The molecule has 0 bridgehead atoms. The Morgan fingerprint density at radius 1 is 1.54 bits per heavy atom. The zero-order valence-electron chi connectivity index (χ0n) is 7.61. The van der Waals surface area contributed by atoms with Gasteiger partial charge in [0.05, 0.1) is 11.4 Å². The lowest BCUT2D eigenvalue weighted by molar-refractivity contribution is 0.585. The molecule has 1 aromatic heterocycles. The largest absolute Gasteiger partial charge is 0.397 e. The summed E-state index contributed by atoms with van der Waals surface area (Å²) in [7, 11) is 0. The van der Waals surface area contributed by atoms with E-state index < -0.39 is 0 Å². The predicted octanol–water partition coefficient (Wildman–Crippen LogP) is 1.46. The number of nitrogen functional groups attached to an aromatic ring is 1. The quantitative estimate of drug-likeness (QED) is 0.734. The second kappa shape index (κ2) is 3.34. The van der Waals surface area contributed by atoms with Crippen LogP contribution in [0.3, 0.4) is 0 Å². The molecule has 1 saturated carbocycles. The van der Waals surface area contributed by atoms with Crippen molar-refractivity contribution in [1.82, 2.24) is 4.98 Å². The first kappa shape index (κ1) is 8.51. The van der Waals surface area contributed by atoms with Crippen LogP contribution in [0.1, 0.15) is 31.0 Å². The second-order valence-electron chi connectivity index (χ2n) is 3.76. The van der Waals surface area contributed by atoms with Gasteiger partial charge in [-0.1, -0.05) is 12.8 Å². The second-order valence-corrected chi connectivity index (χ2v) is 3.76. The van der Waals surface area contributed by atoms with Crippen molar-refractivity contribution in [2.24, 2.45) is 11.7 Å². The van der Waals surface area contributed by atoms with Gasteiger partial charge < -0.3 is 11.5 Å². The number of pyridine rings is 1. The fourth-order valence-corrected chi connectivity index (χ4v) is 1.56. The Morgan fingerprint density at radius 2 is 2.31 bits per heavy atom. The van der Waals surface area contributed by atoms with Gasteiger partial charge in [-0.3, -0.25) is 4.98 Å². The zero-order valence-corrected chi connectivity index (χ0v) is 7.61. The molecule has 1 aromatic rings. The van der Waals surface area contributed by atoms with Crippen LogP contribution in [0.5, 0.6) is 0 Å². The highest BCUT2D eigenvalue weighted by molar-refractivity contribution is 5.43. The van der Waals surface area contributed by atoms with E-state index in [4.69, 9.17) is 11.5 Å². The molecule has 0 aliphatic heterocycles. The number of anilines is 1. The SMILES string of the molecule is Nc1cccnc1[C@@H](N)CC1CC1. The summed E-state index contributed by atoms with van der Waals surface area (Å²) in [6.45, 7) is 0. The van der Waals surface area contributed by atoms with Gasteiger partial charge in [0, 0.05) is 12.2 Å². The molecule has 0 amide bonds. The fourth-order valence-electron chi connectivity index (χ4n) is 1.56. The first-order chi connectivity index (χ1) is 6.27. The molecule has 70 valence electrons. The highest BCUT2D eigenvalue weighted by Crippen LogP contribution is 2.37. The molecule has 0 aromatic carbocycles. The number of nitrogens with zero attached hydrogens (tertiary/aromatic N) is 1. The van der Waals surface area contributed by atoms with Crippen LogP contribution in [0, 0.1) is 5.92 Å². The van der Waals surface area contributed by atoms with Crippen LogP contribution in [0.25, 0.3) is 0 Å². The average molecular weight is 177 g/mol. The first-order valence-electron chi connectivity index (χ1n) is 4.73. The molecule has 0 radical (unpaired) electrons. The highest BCUT2D eigenvalue weighted by atomic mass is 14.8. The molecular formula is C10H15N3. The summed E-state index contributed by atoms with van der Waals surface area (Å²) in [6, 6.07) is 3.71. The molecule has 0 saturated heterocycles. The van der Waals surface area contributed by atoms with Gasteiger partial charge in [0.1, 0.15) is 0 Å². The standard InChI is InChI=1S/C10H15N3/c11-8-2-1-5-13-10(8)9(12)6-7-3-4-7/h1-2,5,7,9H,3-4,6,11-12H2/t9-/m0/s1. The van der Waals surface area contributed by atoms with E-state index in [0.29, 0.717) is 0 Å². The average Bonchev–Trinajstić information content (AvgIpc) is 2.89. The molecule has 1 atom stereocenters. The minimum absolute atomic E-state index is 0.0219. The van der Waals surface area contributed by atoms with Gasteiger partial charge >= 0.3 is 0 Å². The molecule has 3 nitrogen and oxygen atoms in total. The summed E-state index contributed by atoms with van der Waals surface area (Å²) in [4.78, 5) is 4.21.